The number of hydrogen-bond donors (Lipinski definition) is 0. The van der Waals surface area contributed by atoms with Gasteiger partial charge < -0.3 is 0 Å². The second kappa shape index (κ2) is 5.49. The molecule has 2 aromatic rings. The zero-order valence-electron chi connectivity index (χ0n) is 8.97. The molecular formula is C12H7BrFNO2S. The van der Waals surface area contributed by atoms with Gasteiger partial charge in [0.1, 0.15) is 5.82 Å². The third-order valence-corrected chi connectivity index (χ3v) is 3.76. The Morgan fingerprint density at radius 2 is 1.83 bits per heavy atom. The van der Waals surface area contributed by atoms with Crippen molar-refractivity contribution in [1.82, 2.24) is 0 Å². The van der Waals surface area contributed by atoms with E-state index in [0.29, 0.717) is 4.90 Å². The van der Waals surface area contributed by atoms with E-state index < -0.39 is 10.7 Å². The van der Waals surface area contributed by atoms with Crippen LogP contribution in [0.1, 0.15) is 0 Å². The summed E-state index contributed by atoms with van der Waals surface area (Å²) in [6.07, 6.45) is 0. The quantitative estimate of drug-likeness (QED) is 0.608. The summed E-state index contributed by atoms with van der Waals surface area (Å²) in [4.78, 5) is 11.1. The number of nitrogens with zero attached hydrogens (tertiary/aromatic N) is 1. The molecule has 0 aromatic heterocycles. The number of nitro benzene ring substituents is 1. The molecule has 0 aliphatic carbocycles. The number of rotatable bonds is 3. The number of benzene rings is 2. The standard InChI is InChI=1S/C12H7BrFNO2S/c13-8-1-4-10(5-2-8)18-12-6-3-9(15(16)17)7-11(12)14/h1-7H. The van der Waals surface area contributed by atoms with Crippen LogP contribution in [0.4, 0.5) is 10.1 Å². The Labute approximate surface area is 115 Å². The monoisotopic (exact) mass is 327 g/mol. The van der Waals surface area contributed by atoms with Crippen molar-refractivity contribution in [2.75, 3.05) is 0 Å². The lowest BCUT2D eigenvalue weighted by atomic mass is 10.3. The van der Waals surface area contributed by atoms with E-state index in [1.165, 1.54) is 23.9 Å². The molecule has 3 nitrogen and oxygen atoms in total. The van der Waals surface area contributed by atoms with Crippen molar-refractivity contribution in [3.8, 4) is 0 Å². The van der Waals surface area contributed by atoms with E-state index in [1.54, 1.807) is 0 Å². The van der Waals surface area contributed by atoms with E-state index in [-0.39, 0.29) is 5.69 Å². The van der Waals surface area contributed by atoms with Gasteiger partial charge in [0, 0.05) is 20.3 Å². The molecular weight excluding hydrogens is 321 g/mol. The van der Waals surface area contributed by atoms with Crippen LogP contribution in [0.25, 0.3) is 0 Å². The summed E-state index contributed by atoms with van der Waals surface area (Å²) >= 11 is 4.54. The van der Waals surface area contributed by atoms with Gasteiger partial charge in [0.25, 0.3) is 5.69 Å². The van der Waals surface area contributed by atoms with Gasteiger partial charge in [-0.1, -0.05) is 27.7 Å². The average molecular weight is 328 g/mol. The van der Waals surface area contributed by atoms with Crippen molar-refractivity contribution in [3.05, 3.63) is 62.9 Å². The van der Waals surface area contributed by atoms with E-state index in [1.807, 2.05) is 24.3 Å². The highest BCUT2D eigenvalue weighted by atomic mass is 79.9. The highest BCUT2D eigenvalue weighted by Gasteiger charge is 2.11. The van der Waals surface area contributed by atoms with Crippen molar-refractivity contribution >= 4 is 33.4 Å². The van der Waals surface area contributed by atoms with Crippen molar-refractivity contribution in [2.45, 2.75) is 9.79 Å². The van der Waals surface area contributed by atoms with Crippen molar-refractivity contribution in [1.29, 1.82) is 0 Å². The van der Waals surface area contributed by atoms with Crippen LogP contribution in [0.5, 0.6) is 0 Å². The molecule has 0 bridgehead atoms. The predicted octanol–water partition coefficient (Wildman–Crippen LogP) is 4.65. The molecule has 6 heteroatoms. The average Bonchev–Trinajstić information content (AvgIpc) is 2.34. The van der Waals surface area contributed by atoms with Gasteiger partial charge in [-0.15, -0.1) is 0 Å². The van der Waals surface area contributed by atoms with E-state index in [4.69, 9.17) is 0 Å². The SMILES string of the molecule is O=[N+]([O-])c1ccc(Sc2ccc(Br)cc2)c(F)c1. The van der Waals surface area contributed by atoms with E-state index in [9.17, 15) is 14.5 Å². The lowest BCUT2D eigenvalue weighted by Gasteiger charge is -2.03. The molecule has 0 N–H and O–H groups in total. The summed E-state index contributed by atoms with van der Waals surface area (Å²) in [5.74, 6) is -0.586. The predicted molar refractivity (Wildman–Crippen MR) is 71.3 cm³/mol. The van der Waals surface area contributed by atoms with E-state index >= 15 is 0 Å². The fourth-order valence-electron chi connectivity index (χ4n) is 1.32. The van der Waals surface area contributed by atoms with Gasteiger partial charge in [-0.05, 0) is 30.3 Å². The maximum absolute atomic E-state index is 13.6. The number of halogens is 2. The van der Waals surface area contributed by atoms with Gasteiger partial charge in [-0.3, -0.25) is 10.1 Å². The van der Waals surface area contributed by atoms with Gasteiger partial charge in [-0.25, -0.2) is 4.39 Å². The molecule has 0 saturated heterocycles. The minimum Gasteiger partial charge on any atom is -0.258 e. The zero-order valence-corrected chi connectivity index (χ0v) is 11.4. The smallest absolute Gasteiger partial charge is 0.258 e. The van der Waals surface area contributed by atoms with E-state index in [0.717, 1.165) is 15.4 Å². The molecule has 0 radical (unpaired) electrons. The summed E-state index contributed by atoms with van der Waals surface area (Å²) < 4.78 is 14.6. The fraction of sp³-hybridized carbons (Fsp3) is 0. The summed E-state index contributed by atoms with van der Waals surface area (Å²) in [5.41, 5.74) is -0.243. The molecule has 18 heavy (non-hydrogen) atoms. The van der Waals surface area contributed by atoms with Crippen LogP contribution in [-0.2, 0) is 0 Å². The third kappa shape index (κ3) is 3.08. The van der Waals surface area contributed by atoms with Crippen LogP contribution in [0.3, 0.4) is 0 Å². The van der Waals surface area contributed by atoms with Gasteiger partial charge in [0.05, 0.1) is 11.0 Å². The molecule has 2 aromatic carbocycles. The van der Waals surface area contributed by atoms with Crippen molar-refractivity contribution < 1.29 is 9.31 Å². The summed E-state index contributed by atoms with van der Waals surface area (Å²) in [5, 5.41) is 10.5. The first-order valence-corrected chi connectivity index (χ1v) is 6.54. The Hall–Kier alpha value is -1.40. The Morgan fingerprint density at radius 3 is 2.39 bits per heavy atom. The summed E-state index contributed by atoms with van der Waals surface area (Å²) in [6, 6.07) is 11.0. The minimum absolute atomic E-state index is 0.243. The van der Waals surface area contributed by atoms with Crippen LogP contribution < -0.4 is 0 Å². The number of non-ortho nitro benzene ring substituents is 1. The summed E-state index contributed by atoms with van der Waals surface area (Å²) in [6.45, 7) is 0. The molecule has 92 valence electrons. The maximum atomic E-state index is 13.6. The number of nitro groups is 1. The van der Waals surface area contributed by atoms with Crippen LogP contribution in [0.15, 0.2) is 56.7 Å². The molecule has 0 fully saturated rings. The lowest BCUT2D eigenvalue weighted by molar-refractivity contribution is -0.385. The molecule has 0 atom stereocenters. The molecule has 0 amide bonds. The highest BCUT2D eigenvalue weighted by molar-refractivity contribution is 9.10. The van der Waals surface area contributed by atoms with Crippen LogP contribution in [0, 0.1) is 15.9 Å². The second-order valence-electron chi connectivity index (χ2n) is 3.43. The molecule has 0 heterocycles. The molecule has 0 saturated carbocycles. The third-order valence-electron chi connectivity index (χ3n) is 2.17. The lowest BCUT2D eigenvalue weighted by Crippen LogP contribution is -1.90. The van der Waals surface area contributed by atoms with E-state index in [2.05, 4.69) is 15.9 Å². The fourth-order valence-corrected chi connectivity index (χ4v) is 2.40. The van der Waals surface area contributed by atoms with Crippen LogP contribution >= 0.6 is 27.7 Å². The first-order valence-electron chi connectivity index (χ1n) is 4.93. The van der Waals surface area contributed by atoms with Crippen LogP contribution in [-0.4, -0.2) is 4.92 Å². The maximum Gasteiger partial charge on any atom is 0.272 e. The Morgan fingerprint density at radius 1 is 1.17 bits per heavy atom. The van der Waals surface area contributed by atoms with Gasteiger partial charge in [0.15, 0.2) is 0 Å². The normalized spacial score (nSPS) is 10.3. The Balaban J connectivity index is 2.24. The van der Waals surface area contributed by atoms with Gasteiger partial charge in [0.2, 0.25) is 0 Å². The minimum atomic E-state index is -0.614. The molecule has 0 unspecified atom stereocenters. The zero-order chi connectivity index (χ0) is 13.1. The first-order chi connectivity index (χ1) is 8.56. The second-order valence-corrected chi connectivity index (χ2v) is 5.46. The molecule has 0 spiro atoms. The van der Waals surface area contributed by atoms with Gasteiger partial charge >= 0.3 is 0 Å². The first kappa shape index (κ1) is 13.0. The van der Waals surface area contributed by atoms with Gasteiger partial charge in [-0.2, -0.15) is 0 Å². The summed E-state index contributed by atoms with van der Waals surface area (Å²) in [7, 11) is 0. The van der Waals surface area contributed by atoms with Crippen molar-refractivity contribution in [2.24, 2.45) is 0 Å². The largest absolute Gasteiger partial charge is 0.272 e. The number of hydrogen-bond acceptors (Lipinski definition) is 3. The Kier molecular flexibility index (Phi) is 3.98. The van der Waals surface area contributed by atoms with Crippen LogP contribution in [0.2, 0.25) is 0 Å². The highest BCUT2D eigenvalue weighted by Crippen LogP contribution is 2.32. The molecule has 0 aliphatic heterocycles. The topological polar surface area (TPSA) is 43.1 Å². The Bertz CT molecular complexity index is 589. The van der Waals surface area contributed by atoms with Crippen molar-refractivity contribution in [3.63, 3.8) is 0 Å². The molecule has 0 aliphatic rings. The molecule has 2 rings (SSSR count).